The highest BCUT2D eigenvalue weighted by atomic mass is 16.1. The zero-order valence-corrected chi connectivity index (χ0v) is 11.0. The van der Waals surface area contributed by atoms with Gasteiger partial charge in [0.2, 0.25) is 0 Å². The van der Waals surface area contributed by atoms with E-state index in [0.717, 1.165) is 12.1 Å². The van der Waals surface area contributed by atoms with E-state index in [2.05, 4.69) is 11.9 Å². The van der Waals surface area contributed by atoms with E-state index in [9.17, 15) is 4.79 Å². The standard InChI is InChI=1S/C15H25NO/c1-2-3-4-5-6-7-8-9-12-15(17)14-11-10-13-16-14/h10-11,13,16H,2-9,12H2,1H3. The number of unbranched alkanes of at least 4 members (excludes halogenated alkanes) is 7. The third-order valence-corrected chi connectivity index (χ3v) is 3.16. The van der Waals surface area contributed by atoms with Crippen LogP contribution in [0.1, 0.15) is 75.2 Å². The first-order chi connectivity index (χ1) is 8.34. The number of carbonyl (C=O) groups excluding carboxylic acids is 1. The van der Waals surface area contributed by atoms with Crippen LogP contribution in [0.5, 0.6) is 0 Å². The number of aromatic amines is 1. The number of H-pyrrole nitrogens is 1. The minimum Gasteiger partial charge on any atom is -0.359 e. The molecule has 17 heavy (non-hydrogen) atoms. The van der Waals surface area contributed by atoms with Gasteiger partial charge >= 0.3 is 0 Å². The number of hydrogen-bond acceptors (Lipinski definition) is 1. The van der Waals surface area contributed by atoms with Gasteiger partial charge in [-0.3, -0.25) is 4.79 Å². The second kappa shape index (κ2) is 9.03. The van der Waals surface area contributed by atoms with Crippen molar-refractivity contribution < 1.29 is 4.79 Å². The van der Waals surface area contributed by atoms with Crippen LogP contribution >= 0.6 is 0 Å². The van der Waals surface area contributed by atoms with Crippen LogP contribution < -0.4 is 0 Å². The minimum atomic E-state index is 0.251. The van der Waals surface area contributed by atoms with Gasteiger partial charge < -0.3 is 4.98 Å². The fourth-order valence-electron chi connectivity index (χ4n) is 2.06. The van der Waals surface area contributed by atoms with Gasteiger partial charge in [-0.15, -0.1) is 0 Å². The van der Waals surface area contributed by atoms with Crippen LogP contribution in [-0.4, -0.2) is 10.8 Å². The molecule has 0 spiro atoms. The lowest BCUT2D eigenvalue weighted by molar-refractivity contribution is 0.0975. The van der Waals surface area contributed by atoms with E-state index in [4.69, 9.17) is 0 Å². The fraction of sp³-hybridized carbons (Fsp3) is 0.667. The first-order valence-corrected chi connectivity index (χ1v) is 7.01. The van der Waals surface area contributed by atoms with Crippen molar-refractivity contribution in [3.05, 3.63) is 24.0 Å². The molecule has 1 rings (SSSR count). The first-order valence-electron chi connectivity index (χ1n) is 7.01. The number of carbonyl (C=O) groups is 1. The van der Waals surface area contributed by atoms with Gasteiger partial charge in [-0.1, -0.05) is 51.9 Å². The van der Waals surface area contributed by atoms with Crippen LogP contribution in [0.25, 0.3) is 0 Å². The van der Waals surface area contributed by atoms with Crippen molar-refractivity contribution in [2.75, 3.05) is 0 Å². The number of Topliss-reactive ketones (excluding diaryl/α,β-unsaturated/α-hetero) is 1. The van der Waals surface area contributed by atoms with Crippen molar-refractivity contribution >= 4 is 5.78 Å². The Morgan fingerprint density at radius 1 is 1.06 bits per heavy atom. The van der Waals surface area contributed by atoms with E-state index in [1.807, 2.05) is 12.1 Å². The van der Waals surface area contributed by atoms with Crippen molar-refractivity contribution in [2.24, 2.45) is 0 Å². The summed E-state index contributed by atoms with van der Waals surface area (Å²) in [5.41, 5.74) is 0.757. The Labute approximate surface area is 105 Å². The number of nitrogens with one attached hydrogen (secondary N) is 1. The van der Waals surface area contributed by atoms with Gasteiger partial charge in [0.1, 0.15) is 0 Å². The third-order valence-electron chi connectivity index (χ3n) is 3.16. The normalized spacial score (nSPS) is 10.6. The molecule has 0 radical (unpaired) electrons. The molecule has 1 N–H and O–H groups in total. The Morgan fingerprint density at radius 3 is 2.29 bits per heavy atom. The molecule has 0 saturated carbocycles. The van der Waals surface area contributed by atoms with Gasteiger partial charge in [0.05, 0.1) is 5.69 Å². The Balaban J connectivity index is 1.92. The van der Waals surface area contributed by atoms with Gasteiger partial charge in [-0.2, -0.15) is 0 Å². The summed E-state index contributed by atoms with van der Waals surface area (Å²) in [5, 5.41) is 0. The molecule has 2 heteroatoms. The van der Waals surface area contributed by atoms with Gasteiger partial charge in [0.25, 0.3) is 0 Å². The van der Waals surface area contributed by atoms with Crippen LogP contribution in [0.15, 0.2) is 18.3 Å². The van der Waals surface area contributed by atoms with Crippen molar-refractivity contribution in [1.82, 2.24) is 4.98 Å². The molecule has 1 aromatic heterocycles. The molecular formula is C15H25NO. The largest absolute Gasteiger partial charge is 0.359 e. The quantitative estimate of drug-likeness (QED) is 0.461. The molecule has 1 heterocycles. The summed E-state index contributed by atoms with van der Waals surface area (Å²) < 4.78 is 0. The first kappa shape index (κ1) is 14.0. The molecule has 0 amide bonds. The zero-order valence-electron chi connectivity index (χ0n) is 11.0. The molecular weight excluding hydrogens is 210 g/mol. The van der Waals surface area contributed by atoms with E-state index in [0.29, 0.717) is 6.42 Å². The third kappa shape index (κ3) is 6.30. The predicted molar refractivity (Wildman–Crippen MR) is 72.4 cm³/mol. The van der Waals surface area contributed by atoms with Gasteiger partial charge in [-0.25, -0.2) is 0 Å². The molecule has 0 aromatic carbocycles. The maximum absolute atomic E-state index is 11.6. The van der Waals surface area contributed by atoms with Crippen LogP contribution in [0.3, 0.4) is 0 Å². The maximum Gasteiger partial charge on any atom is 0.178 e. The summed E-state index contributed by atoms with van der Waals surface area (Å²) >= 11 is 0. The molecule has 1 aromatic rings. The van der Waals surface area contributed by atoms with E-state index in [1.54, 1.807) is 6.20 Å². The van der Waals surface area contributed by atoms with Gasteiger partial charge in [0.15, 0.2) is 5.78 Å². The van der Waals surface area contributed by atoms with Crippen molar-refractivity contribution in [3.8, 4) is 0 Å². The molecule has 0 saturated heterocycles. The summed E-state index contributed by atoms with van der Waals surface area (Å²) in [6, 6.07) is 3.73. The zero-order chi connectivity index (χ0) is 12.3. The monoisotopic (exact) mass is 235 g/mol. The SMILES string of the molecule is CCCCCCCCCCC(=O)c1ccc[nH]1. The highest BCUT2D eigenvalue weighted by Gasteiger charge is 2.04. The van der Waals surface area contributed by atoms with E-state index >= 15 is 0 Å². The lowest BCUT2D eigenvalue weighted by Crippen LogP contribution is -1.98. The highest BCUT2D eigenvalue weighted by Crippen LogP contribution is 2.11. The number of rotatable bonds is 10. The molecule has 0 fully saturated rings. The van der Waals surface area contributed by atoms with E-state index in [1.165, 1.54) is 44.9 Å². The van der Waals surface area contributed by atoms with Crippen LogP contribution in [0.2, 0.25) is 0 Å². The van der Waals surface area contributed by atoms with E-state index < -0.39 is 0 Å². The summed E-state index contributed by atoms with van der Waals surface area (Å²) in [4.78, 5) is 14.6. The number of ketones is 1. The fourth-order valence-corrected chi connectivity index (χ4v) is 2.06. The topological polar surface area (TPSA) is 32.9 Å². The lowest BCUT2D eigenvalue weighted by Gasteiger charge is -2.01. The highest BCUT2D eigenvalue weighted by molar-refractivity contribution is 5.94. The number of aromatic nitrogens is 1. The molecule has 0 bridgehead atoms. The molecule has 96 valence electrons. The molecule has 0 aliphatic heterocycles. The second-order valence-corrected chi connectivity index (χ2v) is 4.73. The Kier molecular flexibility index (Phi) is 7.44. The summed E-state index contributed by atoms with van der Waals surface area (Å²) in [6.45, 7) is 2.24. The van der Waals surface area contributed by atoms with Crippen LogP contribution in [-0.2, 0) is 0 Å². The molecule has 0 aliphatic rings. The second-order valence-electron chi connectivity index (χ2n) is 4.73. The Bertz CT molecular complexity index is 290. The Hall–Kier alpha value is -1.05. The smallest absolute Gasteiger partial charge is 0.178 e. The van der Waals surface area contributed by atoms with E-state index in [-0.39, 0.29) is 5.78 Å². The minimum absolute atomic E-state index is 0.251. The number of hydrogen-bond donors (Lipinski definition) is 1. The molecule has 0 atom stereocenters. The van der Waals surface area contributed by atoms with Crippen molar-refractivity contribution in [1.29, 1.82) is 0 Å². The van der Waals surface area contributed by atoms with Gasteiger partial charge in [-0.05, 0) is 18.6 Å². The predicted octanol–water partition coefficient (Wildman–Crippen LogP) is 4.73. The molecule has 2 nitrogen and oxygen atoms in total. The van der Waals surface area contributed by atoms with Crippen LogP contribution in [0, 0.1) is 0 Å². The van der Waals surface area contributed by atoms with Crippen LogP contribution in [0.4, 0.5) is 0 Å². The summed E-state index contributed by atoms with van der Waals surface area (Å²) in [7, 11) is 0. The average molecular weight is 235 g/mol. The van der Waals surface area contributed by atoms with Crippen molar-refractivity contribution in [3.63, 3.8) is 0 Å². The van der Waals surface area contributed by atoms with Crippen molar-refractivity contribution in [2.45, 2.75) is 64.7 Å². The lowest BCUT2D eigenvalue weighted by atomic mass is 10.1. The molecule has 0 unspecified atom stereocenters. The molecule has 0 aliphatic carbocycles. The Morgan fingerprint density at radius 2 is 1.71 bits per heavy atom. The maximum atomic E-state index is 11.6. The summed E-state index contributed by atoms with van der Waals surface area (Å²) in [6.07, 6.45) is 12.7. The summed E-state index contributed by atoms with van der Waals surface area (Å²) in [5.74, 6) is 0.251. The average Bonchev–Trinajstić information content (AvgIpc) is 2.86. The van der Waals surface area contributed by atoms with Gasteiger partial charge in [0, 0.05) is 12.6 Å².